The number of ether oxygens (including phenoxy) is 1. The molecule has 1 aromatic heterocycles. The van der Waals surface area contributed by atoms with Gasteiger partial charge in [-0.3, -0.25) is 0 Å². The van der Waals surface area contributed by atoms with Gasteiger partial charge in [-0.2, -0.15) is 0 Å². The molecule has 2 rings (SSSR count). The highest BCUT2D eigenvalue weighted by Crippen LogP contribution is 2.22. The summed E-state index contributed by atoms with van der Waals surface area (Å²) < 4.78 is 6.55. The van der Waals surface area contributed by atoms with Crippen LogP contribution in [0, 0.1) is 0 Å². The van der Waals surface area contributed by atoms with Crippen molar-refractivity contribution in [2.24, 2.45) is 5.73 Å². The molecule has 2 N–H and O–H groups in total. The van der Waals surface area contributed by atoms with Gasteiger partial charge in [0, 0.05) is 23.3 Å². The summed E-state index contributed by atoms with van der Waals surface area (Å²) in [6.45, 7) is 0.490. The summed E-state index contributed by atoms with van der Waals surface area (Å²) in [5.41, 5.74) is 6.47. The van der Waals surface area contributed by atoms with Gasteiger partial charge in [-0.05, 0) is 23.8 Å². The normalized spacial score (nSPS) is 10.1. The van der Waals surface area contributed by atoms with E-state index in [1.54, 1.807) is 6.20 Å². The number of halogens is 1. The third kappa shape index (κ3) is 2.81. The number of rotatable bonds is 3. The molecule has 1 heterocycles. The highest BCUT2D eigenvalue weighted by Gasteiger charge is 1.99. The van der Waals surface area contributed by atoms with E-state index in [-0.39, 0.29) is 0 Å². The Morgan fingerprint density at radius 3 is 2.75 bits per heavy atom. The van der Waals surface area contributed by atoms with Crippen molar-refractivity contribution in [2.45, 2.75) is 6.54 Å². The standard InChI is InChI=1S/C12H11BrN2O/c13-10-2-1-3-11(6-10)16-12-5-4-9(7-14)8-15-12/h1-6,8H,7,14H2. The van der Waals surface area contributed by atoms with E-state index in [1.165, 1.54) is 0 Å². The van der Waals surface area contributed by atoms with Gasteiger partial charge in [0.05, 0.1) is 0 Å². The molecule has 1 aromatic carbocycles. The molecule has 0 atom stereocenters. The van der Waals surface area contributed by atoms with Crippen LogP contribution in [0.5, 0.6) is 11.6 Å². The lowest BCUT2D eigenvalue weighted by Crippen LogP contribution is -1.97. The smallest absolute Gasteiger partial charge is 0.219 e. The first kappa shape index (κ1) is 11.1. The van der Waals surface area contributed by atoms with Crippen molar-refractivity contribution in [1.82, 2.24) is 4.98 Å². The van der Waals surface area contributed by atoms with E-state index in [4.69, 9.17) is 10.5 Å². The molecule has 0 aliphatic carbocycles. The van der Waals surface area contributed by atoms with Crippen LogP contribution in [0.15, 0.2) is 47.1 Å². The minimum Gasteiger partial charge on any atom is -0.439 e. The molecule has 0 saturated heterocycles. The maximum absolute atomic E-state index is 5.58. The maximum Gasteiger partial charge on any atom is 0.219 e. The Hall–Kier alpha value is -1.39. The Balaban J connectivity index is 2.14. The minimum atomic E-state index is 0.490. The monoisotopic (exact) mass is 278 g/mol. The largest absolute Gasteiger partial charge is 0.439 e. The van der Waals surface area contributed by atoms with Gasteiger partial charge in [0.1, 0.15) is 5.75 Å². The quantitative estimate of drug-likeness (QED) is 0.939. The number of benzene rings is 1. The SMILES string of the molecule is NCc1ccc(Oc2cccc(Br)c2)nc1. The molecule has 16 heavy (non-hydrogen) atoms. The van der Waals surface area contributed by atoms with E-state index >= 15 is 0 Å². The van der Waals surface area contributed by atoms with Crippen molar-refractivity contribution >= 4 is 15.9 Å². The molecule has 0 aliphatic heterocycles. The van der Waals surface area contributed by atoms with Crippen molar-refractivity contribution in [3.63, 3.8) is 0 Å². The molecule has 3 nitrogen and oxygen atoms in total. The van der Waals surface area contributed by atoms with E-state index in [0.717, 1.165) is 15.8 Å². The van der Waals surface area contributed by atoms with Gasteiger partial charge >= 0.3 is 0 Å². The average molecular weight is 279 g/mol. The Kier molecular flexibility index (Phi) is 3.54. The molecule has 0 bridgehead atoms. The molecular formula is C12H11BrN2O. The van der Waals surface area contributed by atoms with E-state index in [0.29, 0.717) is 12.4 Å². The second-order valence-corrected chi connectivity index (χ2v) is 4.18. The van der Waals surface area contributed by atoms with Crippen molar-refractivity contribution in [2.75, 3.05) is 0 Å². The van der Waals surface area contributed by atoms with Gasteiger partial charge in [-0.1, -0.05) is 28.1 Å². The first-order chi connectivity index (χ1) is 7.78. The molecule has 0 unspecified atom stereocenters. The fourth-order valence-corrected chi connectivity index (χ4v) is 1.62. The Labute approximate surface area is 102 Å². The van der Waals surface area contributed by atoms with Crippen LogP contribution in [0.3, 0.4) is 0 Å². The lowest BCUT2D eigenvalue weighted by Gasteiger charge is -2.05. The van der Waals surface area contributed by atoms with Crippen LogP contribution in [0.2, 0.25) is 0 Å². The topological polar surface area (TPSA) is 48.1 Å². The Morgan fingerprint density at radius 1 is 1.25 bits per heavy atom. The summed E-state index contributed by atoms with van der Waals surface area (Å²) in [4.78, 5) is 4.16. The van der Waals surface area contributed by atoms with Crippen LogP contribution in [-0.2, 0) is 6.54 Å². The predicted octanol–water partition coefficient (Wildman–Crippen LogP) is 3.10. The third-order valence-corrected chi connectivity index (χ3v) is 2.55. The third-order valence-electron chi connectivity index (χ3n) is 2.05. The summed E-state index contributed by atoms with van der Waals surface area (Å²) in [7, 11) is 0. The average Bonchev–Trinajstić information content (AvgIpc) is 2.30. The van der Waals surface area contributed by atoms with Gasteiger partial charge < -0.3 is 10.5 Å². The number of nitrogens with two attached hydrogens (primary N) is 1. The molecule has 0 aliphatic rings. The summed E-state index contributed by atoms with van der Waals surface area (Å²) in [5.74, 6) is 1.32. The number of hydrogen-bond donors (Lipinski definition) is 1. The van der Waals surface area contributed by atoms with Gasteiger partial charge in [0.25, 0.3) is 0 Å². The first-order valence-electron chi connectivity index (χ1n) is 4.86. The van der Waals surface area contributed by atoms with Gasteiger partial charge in [-0.15, -0.1) is 0 Å². The van der Waals surface area contributed by atoms with E-state index in [2.05, 4.69) is 20.9 Å². The van der Waals surface area contributed by atoms with Crippen molar-refractivity contribution in [1.29, 1.82) is 0 Å². The van der Waals surface area contributed by atoms with Crippen LogP contribution in [0.4, 0.5) is 0 Å². The van der Waals surface area contributed by atoms with E-state index in [9.17, 15) is 0 Å². The summed E-state index contributed by atoms with van der Waals surface area (Å²) in [6, 6.07) is 11.3. The molecule has 82 valence electrons. The molecule has 0 saturated carbocycles. The molecule has 0 fully saturated rings. The highest BCUT2D eigenvalue weighted by atomic mass is 79.9. The van der Waals surface area contributed by atoms with Crippen molar-refractivity contribution < 1.29 is 4.74 Å². The second kappa shape index (κ2) is 5.09. The van der Waals surface area contributed by atoms with Crippen LogP contribution in [0.25, 0.3) is 0 Å². The lowest BCUT2D eigenvalue weighted by molar-refractivity contribution is 0.462. The van der Waals surface area contributed by atoms with E-state index < -0.39 is 0 Å². The zero-order valence-corrected chi connectivity index (χ0v) is 10.1. The summed E-state index contributed by atoms with van der Waals surface area (Å²) >= 11 is 3.38. The summed E-state index contributed by atoms with van der Waals surface area (Å²) in [5, 5.41) is 0. The predicted molar refractivity (Wildman–Crippen MR) is 66.3 cm³/mol. The second-order valence-electron chi connectivity index (χ2n) is 3.27. The van der Waals surface area contributed by atoms with Crippen LogP contribution in [-0.4, -0.2) is 4.98 Å². The summed E-state index contributed by atoms with van der Waals surface area (Å²) in [6.07, 6.45) is 1.72. The van der Waals surface area contributed by atoms with Crippen LogP contribution < -0.4 is 10.5 Å². The molecule has 2 aromatic rings. The molecule has 0 radical (unpaired) electrons. The number of pyridine rings is 1. The minimum absolute atomic E-state index is 0.490. The first-order valence-corrected chi connectivity index (χ1v) is 5.65. The van der Waals surface area contributed by atoms with Gasteiger partial charge in [-0.25, -0.2) is 4.98 Å². The van der Waals surface area contributed by atoms with Crippen LogP contribution >= 0.6 is 15.9 Å². The Morgan fingerprint density at radius 2 is 2.12 bits per heavy atom. The van der Waals surface area contributed by atoms with Crippen molar-refractivity contribution in [3.8, 4) is 11.6 Å². The lowest BCUT2D eigenvalue weighted by atomic mass is 10.3. The zero-order chi connectivity index (χ0) is 11.4. The van der Waals surface area contributed by atoms with E-state index in [1.807, 2.05) is 36.4 Å². The van der Waals surface area contributed by atoms with Gasteiger partial charge in [0.15, 0.2) is 0 Å². The molecule has 0 amide bonds. The zero-order valence-electron chi connectivity index (χ0n) is 8.56. The maximum atomic E-state index is 5.58. The number of nitrogens with zero attached hydrogens (tertiary/aromatic N) is 1. The number of hydrogen-bond acceptors (Lipinski definition) is 3. The fourth-order valence-electron chi connectivity index (χ4n) is 1.24. The Bertz CT molecular complexity index is 471. The van der Waals surface area contributed by atoms with Crippen LogP contribution in [0.1, 0.15) is 5.56 Å². The van der Waals surface area contributed by atoms with Gasteiger partial charge in [0.2, 0.25) is 5.88 Å². The molecule has 0 spiro atoms. The molecule has 4 heteroatoms. The highest BCUT2D eigenvalue weighted by molar-refractivity contribution is 9.10. The number of aromatic nitrogens is 1. The fraction of sp³-hybridized carbons (Fsp3) is 0.0833. The van der Waals surface area contributed by atoms with Crippen molar-refractivity contribution in [3.05, 3.63) is 52.6 Å². The molecular weight excluding hydrogens is 268 g/mol.